The molecule has 2 N–H and O–H groups in total. The second-order valence-corrected chi connectivity index (χ2v) is 7.70. The van der Waals surface area contributed by atoms with Gasteiger partial charge in [-0.1, -0.05) is 29.8 Å². The number of amides is 1. The van der Waals surface area contributed by atoms with E-state index in [4.69, 9.17) is 10.00 Å². The van der Waals surface area contributed by atoms with E-state index in [1.54, 1.807) is 20.1 Å². The third-order valence-corrected chi connectivity index (χ3v) is 5.41. The molecule has 0 unspecified atom stereocenters. The van der Waals surface area contributed by atoms with E-state index in [0.29, 0.717) is 5.75 Å². The van der Waals surface area contributed by atoms with Gasteiger partial charge in [0.25, 0.3) is 0 Å². The molecule has 0 aromatic heterocycles. The summed E-state index contributed by atoms with van der Waals surface area (Å²) in [6, 6.07) is 12.9. The van der Waals surface area contributed by atoms with Gasteiger partial charge in [0.15, 0.2) is 0 Å². The van der Waals surface area contributed by atoms with Gasteiger partial charge in [0, 0.05) is 5.56 Å². The molecule has 0 heterocycles. The number of hydrogen-bond donors (Lipinski definition) is 2. The average molecular weight is 387 g/mol. The summed E-state index contributed by atoms with van der Waals surface area (Å²) in [5.74, 6) is 0.140. The van der Waals surface area contributed by atoms with E-state index in [1.807, 2.05) is 31.2 Å². The van der Waals surface area contributed by atoms with Crippen LogP contribution in [0.2, 0.25) is 0 Å². The van der Waals surface area contributed by atoms with Gasteiger partial charge in [-0.3, -0.25) is 4.79 Å². The summed E-state index contributed by atoms with van der Waals surface area (Å²) in [7, 11) is -2.43. The highest BCUT2D eigenvalue weighted by Gasteiger charge is 2.20. The number of nitrogens with one attached hydrogen (secondary N) is 2. The van der Waals surface area contributed by atoms with Crippen molar-refractivity contribution in [1.29, 1.82) is 5.26 Å². The quantitative estimate of drug-likeness (QED) is 0.756. The van der Waals surface area contributed by atoms with Crippen molar-refractivity contribution in [3.05, 3.63) is 59.2 Å². The zero-order valence-corrected chi connectivity index (χ0v) is 16.1. The second-order valence-electron chi connectivity index (χ2n) is 5.97. The first-order valence-corrected chi connectivity index (χ1v) is 9.69. The predicted octanol–water partition coefficient (Wildman–Crippen LogP) is 2.03. The van der Waals surface area contributed by atoms with Crippen LogP contribution in [0.5, 0.6) is 5.75 Å². The molecule has 0 bridgehead atoms. The first-order chi connectivity index (χ1) is 12.8. The summed E-state index contributed by atoms with van der Waals surface area (Å²) in [6.07, 6.45) is 0. The van der Waals surface area contributed by atoms with Gasteiger partial charge in [0.1, 0.15) is 11.8 Å². The third-order valence-electron chi connectivity index (χ3n) is 3.95. The number of rotatable bonds is 7. The van der Waals surface area contributed by atoms with Crippen molar-refractivity contribution in [2.24, 2.45) is 0 Å². The Balaban J connectivity index is 2.06. The molecule has 2 aromatic carbocycles. The second kappa shape index (κ2) is 8.66. The van der Waals surface area contributed by atoms with Crippen molar-refractivity contribution in [1.82, 2.24) is 10.0 Å². The molecule has 0 radical (unpaired) electrons. The van der Waals surface area contributed by atoms with E-state index in [0.717, 1.165) is 11.1 Å². The highest BCUT2D eigenvalue weighted by molar-refractivity contribution is 7.89. The van der Waals surface area contributed by atoms with Gasteiger partial charge < -0.3 is 10.1 Å². The number of hydrogen-bond acceptors (Lipinski definition) is 5. The Morgan fingerprint density at radius 2 is 1.96 bits per heavy atom. The maximum Gasteiger partial charge on any atom is 0.242 e. The molecule has 2 aromatic rings. The molecular formula is C19H21N3O4S. The fourth-order valence-corrected chi connectivity index (χ4v) is 3.73. The minimum atomic E-state index is -3.98. The van der Waals surface area contributed by atoms with Gasteiger partial charge in [-0.05, 0) is 32.0 Å². The van der Waals surface area contributed by atoms with Crippen LogP contribution in [0, 0.1) is 18.3 Å². The molecule has 0 fully saturated rings. The smallest absolute Gasteiger partial charge is 0.242 e. The molecule has 2 rings (SSSR count). The Bertz CT molecular complexity index is 981. The number of nitrogens with zero attached hydrogens (tertiary/aromatic N) is 1. The van der Waals surface area contributed by atoms with Crippen LogP contribution < -0.4 is 14.8 Å². The van der Waals surface area contributed by atoms with Crippen LogP contribution in [0.3, 0.4) is 0 Å². The van der Waals surface area contributed by atoms with Gasteiger partial charge >= 0.3 is 0 Å². The van der Waals surface area contributed by atoms with Crippen molar-refractivity contribution in [2.45, 2.75) is 24.8 Å². The summed E-state index contributed by atoms with van der Waals surface area (Å²) in [5, 5.41) is 11.8. The monoisotopic (exact) mass is 387 g/mol. The third kappa shape index (κ3) is 5.06. The fraction of sp³-hybridized carbons (Fsp3) is 0.263. The van der Waals surface area contributed by atoms with E-state index < -0.39 is 22.5 Å². The number of carbonyl (C=O) groups excluding carboxylic acids is 1. The van der Waals surface area contributed by atoms with Crippen LogP contribution >= 0.6 is 0 Å². The fourth-order valence-electron chi connectivity index (χ4n) is 2.59. The Kier molecular flexibility index (Phi) is 6.55. The van der Waals surface area contributed by atoms with Crippen molar-refractivity contribution >= 4 is 15.9 Å². The molecule has 0 aliphatic carbocycles. The number of nitriles is 1. The van der Waals surface area contributed by atoms with Gasteiger partial charge in [-0.2, -0.15) is 5.26 Å². The molecule has 1 amide bonds. The molecule has 0 saturated heterocycles. The SMILES string of the molecule is COc1ccc(C)cc1[C@@H](C)NC(=O)CNS(=O)(=O)c1ccccc1C#N. The largest absolute Gasteiger partial charge is 0.496 e. The maximum absolute atomic E-state index is 12.4. The number of sulfonamides is 1. The molecule has 0 saturated carbocycles. The highest BCUT2D eigenvalue weighted by atomic mass is 32.2. The number of methoxy groups -OCH3 is 1. The number of benzene rings is 2. The van der Waals surface area contributed by atoms with Gasteiger partial charge in [-0.25, -0.2) is 13.1 Å². The normalized spacial score (nSPS) is 12.1. The Morgan fingerprint density at radius 1 is 1.26 bits per heavy atom. The Labute approximate surface area is 159 Å². The van der Waals surface area contributed by atoms with Gasteiger partial charge in [0.2, 0.25) is 15.9 Å². The first kappa shape index (κ1) is 20.4. The van der Waals surface area contributed by atoms with Crippen molar-refractivity contribution < 1.29 is 17.9 Å². The summed E-state index contributed by atoms with van der Waals surface area (Å²) in [6.45, 7) is 3.27. The lowest BCUT2D eigenvalue weighted by atomic mass is 10.0. The first-order valence-electron chi connectivity index (χ1n) is 8.21. The molecule has 1 atom stereocenters. The van der Waals surface area contributed by atoms with Crippen LogP contribution in [0.15, 0.2) is 47.4 Å². The zero-order chi connectivity index (χ0) is 20.0. The molecular weight excluding hydrogens is 366 g/mol. The molecule has 142 valence electrons. The summed E-state index contributed by atoms with van der Waals surface area (Å²) >= 11 is 0. The molecule has 7 nitrogen and oxygen atoms in total. The van der Waals surface area contributed by atoms with E-state index in [2.05, 4.69) is 10.0 Å². The predicted molar refractivity (Wildman–Crippen MR) is 101 cm³/mol. The lowest BCUT2D eigenvalue weighted by Gasteiger charge is -2.18. The van der Waals surface area contributed by atoms with E-state index in [-0.39, 0.29) is 16.5 Å². The van der Waals surface area contributed by atoms with Crippen LogP contribution in [0.25, 0.3) is 0 Å². The number of aryl methyl sites for hydroxylation is 1. The molecule has 0 spiro atoms. The van der Waals surface area contributed by atoms with Crippen molar-refractivity contribution in [3.8, 4) is 11.8 Å². The van der Waals surface area contributed by atoms with Crippen LogP contribution in [-0.2, 0) is 14.8 Å². The van der Waals surface area contributed by atoms with Gasteiger partial charge in [-0.15, -0.1) is 0 Å². The summed E-state index contributed by atoms with van der Waals surface area (Å²) < 4.78 is 32.2. The minimum Gasteiger partial charge on any atom is -0.496 e. The lowest BCUT2D eigenvalue weighted by molar-refractivity contribution is -0.120. The topological polar surface area (TPSA) is 108 Å². The summed E-state index contributed by atoms with van der Waals surface area (Å²) in [5.41, 5.74) is 1.83. The number of ether oxygens (including phenoxy) is 1. The maximum atomic E-state index is 12.4. The molecule has 8 heteroatoms. The van der Waals surface area contributed by atoms with E-state index in [1.165, 1.54) is 18.2 Å². The van der Waals surface area contributed by atoms with Crippen LogP contribution in [0.4, 0.5) is 0 Å². The van der Waals surface area contributed by atoms with Crippen molar-refractivity contribution in [2.75, 3.05) is 13.7 Å². The standard InChI is InChI=1S/C19H21N3O4S/c1-13-8-9-17(26-3)16(10-13)14(2)22-19(23)12-21-27(24,25)18-7-5-4-6-15(18)11-20/h4-10,14,21H,12H2,1-3H3,(H,22,23)/t14-/m1/s1. The van der Waals surface area contributed by atoms with Crippen LogP contribution in [-0.4, -0.2) is 28.0 Å². The van der Waals surface area contributed by atoms with Crippen LogP contribution in [0.1, 0.15) is 29.7 Å². The zero-order valence-electron chi connectivity index (χ0n) is 15.3. The molecule has 0 aliphatic heterocycles. The molecule has 0 aliphatic rings. The lowest BCUT2D eigenvalue weighted by Crippen LogP contribution is -2.38. The van der Waals surface area contributed by atoms with E-state index in [9.17, 15) is 13.2 Å². The van der Waals surface area contributed by atoms with E-state index >= 15 is 0 Å². The number of carbonyl (C=O) groups is 1. The molecule has 27 heavy (non-hydrogen) atoms. The average Bonchev–Trinajstić information content (AvgIpc) is 2.66. The van der Waals surface area contributed by atoms with Gasteiger partial charge in [0.05, 0.1) is 30.2 Å². The Morgan fingerprint density at radius 3 is 2.63 bits per heavy atom. The summed E-state index contributed by atoms with van der Waals surface area (Å²) in [4.78, 5) is 12.0. The minimum absolute atomic E-state index is 0.0169. The Hall–Kier alpha value is -2.89. The highest BCUT2D eigenvalue weighted by Crippen LogP contribution is 2.26. The van der Waals surface area contributed by atoms with Crippen molar-refractivity contribution in [3.63, 3.8) is 0 Å².